The number of hydrogen-bond donors (Lipinski definition) is 2. The number of alkyl halides is 3. The van der Waals surface area contributed by atoms with Gasteiger partial charge in [-0.2, -0.15) is 13.2 Å². The summed E-state index contributed by atoms with van der Waals surface area (Å²) < 4.78 is 57.2. The summed E-state index contributed by atoms with van der Waals surface area (Å²) in [6, 6.07) is 4.30. The number of phenols is 1. The van der Waals surface area contributed by atoms with Crippen LogP contribution in [0.2, 0.25) is 0 Å². The third-order valence-corrected chi connectivity index (χ3v) is 5.87. The molecule has 1 aromatic heterocycles. The number of fused-ring (bicyclic) bond motifs is 1. The molecule has 164 valence electrons. The molecule has 1 heterocycles. The molecule has 0 spiro atoms. The van der Waals surface area contributed by atoms with E-state index >= 15 is 0 Å². The van der Waals surface area contributed by atoms with Crippen molar-refractivity contribution in [1.29, 1.82) is 0 Å². The Bertz CT molecular complexity index is 997. The summed E-state index contributed by atoms with van der Waals surface area (Å²) in [7, 11) is 0. The average Bonchev–Trinajstić information content (AvgIpc) is 2.65. The van der Waals surface area contributed by atoms with Crippen LogP contribution in [-0.2, 0) is 24.8 Å². The third-order valence-electron chi connectivity index (χ3n) is 5.87. The lowest BCUT2D eigenvalue weighted by atomic mass is 9.74. The number of aromatic hydroxyl groups is 1. The Kier molecular flexibility index (Phi) is 5.75. The van der Waals surface area contributed by atoms with Gasteiger partial charge in [0.1, 0.15) is 11.6 Å². The minimum Gasteiger partial charge on any atom is -0.508 e. The van der Waals surface area contributed by atoms with E-state index in [-0.39, 0.29) is 16.7 Å². The van der Waals surface area contributed by atoms with Gasteiger partial charge in [0, 0.05) is 29.1 Å². The van der Waals surface area contributed by atoms with Crippen molar-refractivity contribution >= 4 is 0 Å². The van der Waals surface area contributed by atoms with Crippen molar-refractivity contribution < 1.29 is 27.8 Å². The number of rotatable bonds is 5. The monoisotopic (exact) mass is 427 g/mol. The first-order valence-corrected chi connectivity index (χ1v) is 9.83. The van der Waals surface area contributed by atoms with Gasteiger partial charge >= 0.3 is 6.18 Å². The van der Waals surface area contributed by atoms with Crippen molar-refractivity contribution in [3.63, 3.8) is 0 Å². The van der Waals surface area contributed by atoms with Crippen LogP contribution in [0.15, 0.2) is 35.3 Å². The predicted molar refractivity (Wildman–Crippen MR) is 104 cm³/mol. The normalized spacial score (nSPS) is 16.8. The number of pyridine rings is 1. The fraction of sp³-hybridized carbons (Fsp3) is 0.500. The van der Waals surface area contributed by atoms with E-state index in [0.29, 0.717) is 24.1 Å². The maximum Gasteiger partial charge on any atom is 0.418 e. The Morgan fingerprint density at radius 3 is 2.43 bits per heavy atom. The average molecular weight is 427 g/mol. The summed E-state index contributed by atoms with van der Waals surface area (Å²) in [6.07, 6.45) is -1.99. The molecule has 0 fully saturated rings. The molecule has 1 aromatic carbocycles. The van der Waals surface area contributed by atoms with Crippen LogP contribution in [0.5, 0.6) is 5.75 Å². The smallest absolute Gasteiger partial charge is 0.418 e. The zero-order valence-electron chi connectivity index (χ0n) is 16.9. The molecule has 4 nitrogen and oxygen atoms in total. The molecule has 1 unspecified atom stereocenters. The van der Waals surface area contributed by atoms with Gasteiger partial charge in [-0.15, -0.1) is 0 Å². The molecule has 0 amide bonds. The molecular weight excluding hydrogens is 402 g/mol. The van der Waals surface area contributed by atoms with Crippen molar-refractivity contribution in [2.24, 2.45) is 0 Å². The van der Waals surface area contributed by atoms with Gasteiger partial charge in [-0.05, 0) is 55.7 Å². The molecule has 0 radical (unpaired) electrons. The topological polar surface area (TPSA) is 62.5 Å². The number of nitrogens with zero attached hydrogens (tertiary/aromatic N) is 1. The molecular formula is C22H25F4NO3. The number of halogens is 4. The standard InChI is InChI=1S/C22H25F4NO3/c1-20(2,16-11-14(23)7-8-19(16)29)12-21(30,22(24,25)26)13-27-10-9-18(28)15-5-3-4-6-17(15)27/h7-11,29-30H,3-6,12-13H2,1-2H3. The van der Waals surface area contributed by atoms with Crippen molar-refractivity contribution in [3.05, 3.63) is 63.3 Å². The molecule has 0 aliphatic heterocycles. The van der Waals surface area contributed by atoms with Crippen LogP contribution in [0.4, 0.5) is 17.6 Å². The van der Waals surface area contributed by atoms with Gasteiger partial charge in [-0.25, -0.2) is 4.39 Å². The molecule has 0 saturated heterocycles. The van der Waals surface area contributed by atoms with Crippen LogP contribution in [0.3, 0.4) is 0 Å². The largest absolute Gasteiger partial charge is 0.508 e. The zero-order chi connectivity index (χ0) is 22.3. The van der Waals surface area contributed by atoms with Crippen LogP contribution in [0.25, 0.3) is 0 Å². The second-order valence-corrected chi connectivity index (χ2v) is 8.69. The second kappa shape index (κ2) is 7.72. The molecule has 1 atom stereocenters. The van der Waals surface area contributed by atoms with E-state index in [4.69, 9.17) is 0 Å². The van der Waals surface area contributed by atoms with Gasteiger partial charge in [0.25, 0.3) is 0 Å². The highest BCUT2D eigenvalue weighted by atomic mass is 19.4. The quantitative estimate of drug-likeness (QED) is 0.702. The molecule has 0 bridgehead atoms. The molecule has 2 N–H and O–H groups in total. The van der Waals surface area contributed by atoms with E-state index in [1.54, 1.807) is 0 Å². The summed E-state index contributed by atoms with van der Waals surface area (Å²) in [5.74, 6) is -1.03. The third kappa shape index (κ3) is 4.24. The lowest BCUT2D eigenvalue weighted by Crippen LogP contribution is -2.52. The Hall–Kier alpha value is -2.35. The zero-order valence-corrected chi connectivity index (χ0v) is 16.9. The van der Waals surface area contributed by atoms with E-state index in [0.717, 1.165) is 31.0 Å². The van der Waals surface area contributed by atoms with Gasteiger partial charge in [0.15, 0.2) is 11.0 Å². The number of aliphatic hydroxyl groups is 1. The van der Waals surface area contributed by atoms with Crippen molar-refractivity contribution in [1.82, 2.24) is 4.57 Å². The van der Waals surface area contributed by atoms with E-state index in [9.17, 15) is 32.6 Å². The first-order chi connectivity index (χ1) is 13.8. The summed E-state index contributed by atoms with van der Waals surface area (Å²) in [6.45, 7) is 2.04. The fourth-order valence-electron chi connectivity index (χ4n) is 4.37. The maximum atomic E-state index is 14.1. The maximum absolute atomic E-state index is 14.1. The summed E-state index contributed by atoms with van der Waals surface area (Å²) in [5, 5.41) is 20.9. The minimum atomic E-state index is -4.99. The molecule has 3 rings (SSSR count). The van der Waals surface area contributed by atoms with Crippen LogP contribution in [0.1, 0.15) is 49.9 Å². The highest BCUT2D eigenvalue weighted by Crippen LogP contribution is 2.44. The van der Waals surface area contributed by atoms with Crippen LogP contribution in [0, 0.1) is 5.82 Å². The van der Waals surface area contributed by atoms with Gasteiger partial charge in [-0.1, -0.05) is 13.8 Å². The Morgan fingerprint density at radius 2 is 1.77 bits per heavy atom. The highest BCUT2D eigenvalue weighted by Gasteiger charge is 2.56. The Balaban J connectivity index is 2.02. The van der Waals surface area contributed by atoms with Gasteiger partial charge in [0.05, 0.1) is 6.54 Å². The Labute approximate surface area is 171 Å². The molecule has 0 saturated carbocycles. The number of phenolic OH excluding ortho intramolecular Hbond substituents is 1. The van der Waals surface area contributed by atoms with E-state index in [1.807, 2.05) is 0 Å². The van der Waals surface area contributed by atoms with Crippen LogP contribution >= 0.6 is 0 Å². The molecule has 30 heavy (non-hydrogen) atoms. The van der Waals surface area contributed by atoms with Gasteiger partial charge < -0.3 is 14.8 Å². The first kappa shape index (κ1) is 22.3. The van der Waals surface area contributed by atoms with Crippen LogP contribution < -0.4 is 5.43 Å². The summed E-state index contributed by atoms with van der Waals surface area (Å²) in [5.41, 5.74) is -3.77. The lowest BCUT2D eigenvalue weighted by molar-refractivity contribution is -0.271. The number of benzene rings is 1. The van der Waals surface area contributed by atoms with Gasteiger partial charge in [0.2, 0.25) is 0 Å². The Morgan fingerprint density at radius 1 is 1.10 bits per heavy atom. The predicted octanol–water partition coefficient (Wildman–Crippen LogP) is 4.23. The van der Waals surface area contributed by atoms with Crippen molar-refractivity contribution in [3.8, 4) is 5.75 Å². The lowest BCUT2D eigenvalue weighted by Gasteiger charge is -2.39. The molecule has 8 heteroatoms. The van der Waals surface area contributed by atoms with Gasteiger partial charge in [-0.3, -0.25) is 4.79 Å². The van der Waals surface area contributed by atoms with E-state index in [1.165, 1.54) is 30.7 Å². The minimum absolute atomic E-state index is 0.0212. The first-order valence-electron chi connectivity index (χ1n) is 9.83. The van der Waals surface area contributed by atoms with Crippen LogP contribution in [-0.4, -0.2) is 26.6 Å². The summed E-state index contributed by atoms with van der Waals surface area (Å²) >= 11 is 0. The molecule has 1 aliphatic rings. The number of aromatic nitrogens is 1. The highest BCUT2D eigenvalue weighted by molar-refractivity contribution is 5.38. The summed E-state index contributed by atoms with van der Waals surface area (Å²) in [4.78, 5) is 12.1. The van der Waals surface area contributed by atoms with Crippen molar-refractivity contribution in [2.75, 3.05) is 0 Å². The SMILES string of the molecule is CC(C)(CC(O)(Cn1ccc(=O)c2c1CCCC2)C(F)(F)F)c1cc(F)ccc1O. The fourth-order valence-corrected chi connectivity index (χ4v) is 4.37. The molecule has 2 aromatic rings. The second-order valence-electron chi connectivity index (χ2n) is 8.69. The van der Waals surface area contributed by atoms with Crippen molar-refractivity contribution in [2.45, 2.75) is 69.7 Å². The molecule has 1 aliphatic carbocycles. The van der Waals surface area contributed by atoms with E-state index < -0.39 is 36.0 Å². The van der Waals surface area contributed by atoms with E-state index in [2.05, 4.69) is 0 Å². The number of hydrogen-bond acceptors (Lipinski definition) is 3.